The molecule has 0 heterocycles. The summed E-state index contributed by atoms with van der Waals surface area (Å²) in [6, 6.07) is 4.89. The fourth-order valence-electron chi connectivity index (χ4n) is 2.09. The summed E-state index contributed by atoms with van der Waals surface area (Å²) in [7, 11) is 0. The SMILES string of the molecule is CCCN(CCC)C(=O)N(N)c1ccc(OC(C)C)c(Cl)c1. The van der Waals surface area contributed by atoms with Gasteiger partial charge >= 0.3 is 6.03 Å². The molecular formula is C16H26ClN3O2. The number of hydrazine groups is 1. The van der Waals surface area contributed by atoms with Crippen LogP contribution in [0.5, 0.6) is 5.75 Å². The van der Waals surface area contributed by atoms with E-state index < -0.39 is 0 Å². The lowest BCUT2D eigenvalue weighted by Crippen LogP contribution is -2.47. The summed E-state index contributed by atoms with van der Waals surface area (Å²) in [5.41, 5.74) is 0.545. The Labute approximate surface area is 137 Å². The van der Waals surface area contributed by atoms with Gasteiger partial charge in [-0.15, -0.1) is 0 Å². The van der Waals surface area contributed by atoms with Crippen LogP contribution in [0.25, 0.3) is 0 Å². The van der Waals surface area contributed by atoms with Gasteiger partial charge in [0.05, 0.1) is 16.8 Å². The van der Waals surface area contributed by atoms with Crippen molar-refractivity contribution in [3.63, 3.8) is 0 Å². The van der Waals surface area contributed by atoms with Crippen LogP contribution in [0.4, 0.5) is 10.5 Å². The summed E-state index contributed by atoms with van der Waals surface area (Å²) in [4.78, 5) is 14.2. The van der Waals surface area contributed by atoms with Gasteiger partial charge in [0, 0.05) is 13.1 Å². The van der Waals surface area contributed by atoms with Gasteiger partial charge in [-0.3, -0.25) is 0 Å². The minimum atomic E-state index is -0.225. The molecule has 22 heavy (non-hydrogen) atoms. The molecule has 0 radical (unpaired) electrons. The molecule has 0 fully saturated rings. The van der Waals surface area contributed by atoms with E-state index in [1.54, 1.807) is 23.1 Å². The maximum atomic E-state index is 12.5. The molecule has 124 valence electrons. The number of hydrogen-bond donors (Lipinski definition) is 1. The molecule has 0 bridgehead atoms. The van der Waals surface area contributed by atoms with E-state index in [4.69, 9.17) is 22.2 Å². The lowest BCUT2D eigenvalue weighted by atomic mass is 10.3. The molecule has 2 amide bonds. The van der Waals surface area contributed by atoms with Crippen molar-refractivity contribution in [2.24, 2.45) is 5.84 Å². The van der Waals surface area contributed by atoms with Gasteiger partial charge in [-0.2, -0.15) is 0 Å². The van der Waals surface area contributed by atoms with Crippen LogP contribution in [0.3, 0.4) is 0 Å². The zero-order chi connectivity index (χ0) is 16.7. The van der Waals surface area contributed by atoms with Crippen LogP contribution in [0, 0.1) is 0 Å². The van der Waals surface area contributed by atoms with E-state index in [1.807, 2.05) is 27.7 Å². The molecule has 0 aliphatic heterocycles. The number of rotatable bonds is 7. The summed E-state index contributed by atoms with van der Waals surface area (Å²) in [6.07, 6.45) is 1.81. The standard InChI is InChI=1S/C16H26ClN3O2/c1-5-9-19(10-6-2)16(21)20(18)13-7-8-15(14(17)11-13)22-12(3)4/h7-8,11-12H,5-6,9-10,18H2,1-4H3. The fraction of sp³-hybridized carbons (Fsp3) is 0.562. The molecule has 2 N–H and O–H groups in total. The highest BCUT2D eigenvalue weighted by Gasteiger charge is 2.19. The zero-order valence-electron chi connectivity index (χ0n) is 13.8. The summed E-state index contributed by atoms with van der Waals surface area (Å²) >= 11 is 6.19. The molecule has 1 aromatic carbocycles. The Balaban J connectivity index is 2.89. The van der Waals surface area contributed by atoms with Crippen molar-refractivity contribution >= 4 is 23.3 Å². The van der Waals surface area contributed by atoms with Crippen LogP contribution in [-0.2, 0) is 0 Å². The molecule has 0 saturated heterocycles. The predicted octanol–water partition coefficient (Wildman–Crippen LogP) is 4.05. The average molecular weight is 328 g/mol. The van der Waals surface area contributed by atoms with E-state index in [2.05, 4.69) is 0 Å². The van der Waals surface area contributed by atoms with Gasteiger partial charge in [0.2, 0.25) is 0 Å². The van der Waals surface area contributed by atoms with Gasteiger partial charge in [-0.25, -0.2) is 15.6 Å². The minimum absolute atomic E-state index is 0.0311. The number of carbonyl (C=O) groups excluding carboxylic acids is 1. The third-order valence-corrected chi connectivity index (χ3v) is 3.32. The number of nitrogens with zero attached hydrogens (tertiary/aromatic N) is 2. The molecule has 0 saturated carbocycles. The number of benzene rings is 1. The number of urea groups is 1. The van der Waals surface area contributed by atoms with Crippen LogP contribution in [0.15, 0.2) is 18.2 Å². The van der Waals surface area contributed by atoms with E-state index in [0.29, 0.717) is 29.5 Å². The maximum Gasteiger partial charge on any atom is 0.338 e. The van der Waals surface area contributed by atoms with Crippen molar-refractivity contribution in [3.8, 4) is 5.75 Å². The van der Waals surface area contributed by atoms with Crippen molar-refractivity contribution in [1.82, 2.24) is 4.90 Å². The Hall–Kier alpha value is -1.46. The monoisotopic (exact) mass is 327 g/mol. The van der Waals surface area contributed by atoms with Crippen molar-refractivity contribution < 1.29 is 9.53 Å². The average Bonchev–Trinajstić information content (AvgIpc) is 2.47. The second-order valence-corrected chi connectivity index (χ2v) is 5.83. The Kier molecular flexibility index (Phi) is 7.48. The minimum Gasteiger partial charge on any atom is -0.489 e. The Bertz CT molecular complexity index is 488. The van der Waals surface area contributed by atoms with Crippen molar-refractivity contribution in [1.29, 1.82) is 0 Å². The van der Waals surface area contributed by atoms with Crippen LogP contribution in [0.1, 0.15) is 40.5 Å². The van der Waals surface area contributed by atoms with E-state index in [-0.39, 0.29) is 12.1 Å². The van der Waals surface area contributed by atoms with E-state index in [0.717, 1.165) is 17.9 Å². The molecule has 6 heteroatoms. The molecule has 0 spiro atoms. The lowest BCUT2D eigenvalue weighted by Gasteiger charge is -2.27. The van der Waals surface area contributed by atoms with Crippen LogP contribution in [-0.4, -0.2) is 30.1 Å². The highest BCUT2D eigenvalue weighted by molar-refractivity contribution is 6.32. The molecule has 0 atom stereocenters. The largest absolute Gasteiger partial charge is 0.489 e. The molecule has 1 rings (SSSR count). The Morgan fingerprint density at radius 3 is 2.32 bits per heavy atom. The van der Waals surface area contributed by atoms with Crippen molar-refractivity contribution in [2.75, 3.05) is 18.1 Å². The number of ether oxygens (including phenoxy) is 1. The molecule has 0 aliphatic rings. The van der Waals surface area contributed by atoms with Crippen LogP contribution < -0.4 is 15.6 Å². The number of nitrogens with two attached hydrogens (primary N) is 1. The number of amides is 2. The Morgan fingerprint density at radius 1 is 1.27 bits per heavy atom. The van der Waals surface area contributed by atoms with Gasteiger partial charge < -0.3 is 9.64 Å². The smallest absolute Gasteiger partial charge is 0.338 e. The number of carbonyl (C=O) groups is 1. The summed E-state index contributed by atoms with van der Waals surface area (Å²) < 4.78 is 5.58. The second kappa shape index (κ2) is 8.86. The Morgan fingerprint density at radius 2 is 1.86 bits per heavy atom. The lowest BCUT2D eigenvalue weighted by molar-refractivity contribution is 0.204. The quantitative estimate of drug-likeness (QED) is 0.467. The third kappa shape index (κ3) is 5.07. The maximum absolute atomic E-state index is 12.5. The van der Waals surface area contributed by atoms with Gasteiger partial charge in [0.1, 0.15) is 5.75 Å². The predicted molar refractivity (Wildman–Crippen MR) is 91.4 cm³/mol. The summed E-state index contributed by atoms with van der Waals surface area (Å²) in [5.74, 6) is 6.55. The molecule has 5 nitrogen and oxygen atoms in total. The number of hydrogen-bond acceptors (Lipinski definition) is 3. The topological polar surface area (TPSA) is 58.8 Å². The number of anilines is 1. The summed E-state index contributed by atoms with van der Waals surface area (Å²) in [5, 5.41) is 1.57. The second-order valence-electron chi connectivity index (χ2n) is 5.42. The normalized spacial score (nSPS) is 10.7. The number of halogens is 1. The fourth-order valence-corrected chi connectivity index (χ4v) is 2.31. The highest BCUT2D eigenvalue weighted by Crippen LogP contribution is 2.29. The van der Waals surface area contributed by atoms with E-state index >= 15 is 0 Å². The molecular weight excluding hydrogens is 302 g/mol. The summed E-state index contributed by atoms with van der Waals surface area (Å²) in [6.45, 7) is 9.29. The first-order valence-electron chi connectivity index (χ1n) is 7.70. The first-order valence-corrected chi connectivity index (χ1v) is 8.08. The van der Waals surface area contributed by atoms with Crippen molar-refractivity contribution in [2.45, 2.75) is 46.6 Å². The zero-order valence-corrected chi connectivity index (χ0v) is 14.6. The van der Waals surface area contributed by atoms with Gasteiger partial charge in [0.25, 0.3) is 0 Å². The molecule has 0 aliphatic carbocycles. The van der Waals surface area contributed by atoms with Crippen LogP contribution in [0.2, 0.25) is 5.02 Å². The molecule has 0 unspecified atom stereocenters. The first kappa shape index (κ1) is 18.6. The first-order chi connectivity index (χ1) is 10.4. The van der Waals surface area contributed by atoms with Crippen LogP contribution >= 0.6 is 11.6 Å². The van der Waals surface area contributed by atoms with E-state index in [9.17, 15) is 4.79 Å². The van der Waals surface area contributed by atoms with Gasteiger partial charge in [-0.05, 0) is 44.9 Å². The molecule has 1 aromatic rings. The van der Waals surface area contributed by atoms with Crippen molar-refractivity contribution in [3.05, 3.63) is 23.2 Å². The van der Waals surface area contributed by atoms with Gasteiger partial charge in [0.15, 0.2) is 0 Å². The van der Waals surface area contributed by atoms with Gasteiger partial charge in [-0.1, -0.05) is 25.4 Å². The highest BCUT2D eigenvalue weighted by atomic mass is 35.5. The third-order valence-electron chi connectivity index (χ3n) is 3.02. The van der Waals surface area contributed by atoms with E-state index in [1.165, 1.54) is 0 Å². The molecule has 0 aromatic heterocycles.